The topological polar surface area (TPSA) is 100 Å². The van der Waals surface area contributed by atoms with Crippen molar-refractivity contribution in [1.82, 2.24) is 9.69 Å². The number of nitrogens with zero attached hydrogens (tertiary/aromatic N) is 1. The summed E-state index contributed by atoms with van der Waals surface area (Å²) < 4.78 is 3.95. The van der Waals surface area contributed by atoms with E-state index in [-0.39, 0.29) is 23.7 Å². The SMILES string of the molecule is CNC(=O)c1c(N)nsc1NCC(C)(C)CO. The van der Waals surface area contributed by atoms with Crippen molar-refractivity contribution in [1.29, 1.82) is 0 Å². The van der Waals surface area contributed by atoms with Gasteiger partial charge in [-0.05, 0) is 11.5 Å². The van der Waals surface area contributed by atoms with Crippen molar-refractivity contribution < 1.29 is 9.90 Å². The smallest absolute Gasteiger partial charge is 0.257 e. The molecule has 5 N–H and O–H groups in total. The predicted molar refractivity (Wildman–Crippen MR) is 69.3 cm³/mol. The van der Waals surface area contributed by atoms with Gasteiger partial charge in [0.05, 0.1) is 0 Å². The van der Waals surface area contributed by atoms with E-state index >= 15 is 0 Å². The second kappa shape index (κ2) is 5.33. The molecule has 1 aromatic rings. The molecule has 6 nitrogen and oxygen atoms in total. The van der Waals surface area contributed by atoms with Crippen LogP contribution in [0.3, 0.4) is 0 Å². The summed E-state index contributed by atoms with van der Waals surface area (Å²) in [6, 6.07) is 0. The van der Waals surface area contributed by atoms with Crippen molar-refractivity contribution in [2.24, 2.45) is 5.41 Å². The van der Waals surface area contributed by atoms with E-state index in [1.165, 1.54) is 0 Å². The van der Waals surface area contributed by atoms with E-state index in [1.807, 2.05) is 13.8 Å². The molecule has 1 aromatic heterocycles. The van der Waals surface area contributed by atoms with Crippen LogP contribution in [0, 0.1) is 5.41 Å². The van der Waals surface area contributed by atoms with Crippen molar-refractivity contribution in [3.8, 4) is 0 Å². The summed E-state index contributed by atoms with van der Waals surface area (Å²) in [5, 5.41) is 15.4. The molecule has 1 amide bonds. The maximum atomic E-state index is 11.6. The average molecular weight is 258 g/mol. The Morgan fingerprint density at radius 2 is 2.24 bits per heavy atom. The van der Waals surface area contributed by atoms with Crippen LogP contribution >= 0.6 is 11.5 Å². The molecule has 0 aliphatic carbocycles. The molecule has 7 heteroatoms. The average Bonchev–Trinajstić information content (AvgIpc) is 2.67. The lowest BCUT2D eigenvalue weighted by Gasteiger charge is -2.22. The molecular formula is C10H18N4O2S. The Balaban J connectivity index is 2.82. The number of aromatic nitrogens is 1. The van der Waals surface area contributed by atoms with Crippen LogP contribution in [0.1, 0.15) is 24.2 Å². The van der Waals surface area contributed by atoms with Gasteiger partial charge in [-0.3, -0.25) is 4.79 Å². The molecule has 0 saturated carbocycles. The van der Waals surface area contributed by atoms with Gasteiger partial charge in [-0.15, -0.1) is 0 Å². The molecule has 0 unspecified atom stereocenters. The number of carbonyl (C=O) groups excluding carboxylic acids is 1. The van der Waals surface area contributed by atoms with Crippen molar-refractivity contribution in [3.63, 3.8) is 0 Å². The number of hydrogen-bond donors (Lipinski definition) is 4. The number of nitrogens with one attached hydrogen (secondary N) is 2. The van der Waals surface area contributed by atoms with Crippen LogP contribution in [-0.4, -0.2) is 35.6 Å². The highest BCUT2D eigenvalue weighted by atomic mass is 32.1. The van der Waals surface area contributed by atoms with Crippen LogP contribution in [0.25, 0.3) is 0 Å². The predicted octanol–water partition coefficient (Wildman–Crippen LogP) is 0.515. The molecule has 96 valence electrons. The molecule has 0 aliphatic rings. The van der Waals surface area contributed by atoms with Gasteiger partial charge in [0.25, 0.3) is 5.91 Å². The Labute approximate surface area is 104 Å². The van der Waals surface area contributed by atoms with Crippen molar-refractivity contribution in [2.45, 2.75) is 13.8 Å². The van der Waals surface area contributed by atoms with Crippen molar-refractivity contribution >= 4 is 28.3 Å². The van der Waals surface area contributed by atoms with Crippen molar-refractivity contribution in [3.05, 3.63) is 5.56 Å². The third kappa shape index (κ3) is 3.31. The number of aliphatic hydroxyl groups excluding tert-OH is 1. The van der Waals surface area contributed by atoms with E-state index in [4.69, 9.17) is 10.8 Å². The fourth-order valence-corrected chi connectivity index (χ4v) is 1.85. The van der Waals surface area contributed by atoms with Gasteiger partial charge in [-0.25, -0.2) is 0 Å². The zero-order valence-corrected chi connectivity index (χ0v) is 11.0. The highest BCUT2D eigenvalue weighted by molar-refractivity contribution is 7.11. The Bertz CT molecular complexity index is 403. The summed E-state index contributed by atoms with van der Waals surface area (Å²) in [5.74, 6) is -0.0424. The first-order valence-corrected chi connectivity index (χ1v) is 6.00. The van der Waals surface area contributed by atoms with Crippen LogP contribution < -0.4 is 16.4 Å². The molecule has 0 aliphatic heterocycles. The lowest BCUT2D eigenvalue weighted by Crippen LogP contribution is -2.27. The second-order valence-corrected chi connectivity index (χ2v) is 5.30. The Hall–Kier alpha value is -1.34. The number of aliphatic hydroxyl groups is 1. The molecule has 0 atom stereocenters. The van der Waals surface area contributed by atoms with Gasteiger partial charge in [0.1, 0.15) is 10.6 Å². The van der Waals surface area contributed by atoms with Crippen LogP contribution in [0.5, 0.6) is 0 Å². The van der Waals surface area contributed by atoms with Crippen LogP contribution in [0.15, 0.2) is 0 Å². The summed E-state index contributed by atoms with van der Waals surface area (Å²) in [4.78, 5) is 11.6. The normalized spacial score (nSPS) is 11.3. The molecule has 0 bridgehead atoms. The second-order valence-electron chi connectivity index (χ2n) is 4.53. The molecule has 17 heavy (non-hydrogen) atoms. The van der Waals surface area contributed by atoms with Gasteiger partial charge in [-0.1, -0.05) is 13.8 Å². The minimum atomic E-state index is -0.265. The monoisotopic (exact) mass is 258 g/mol. The van der Waals surface area contributed by atoms with Crippen LogP contribution in [0.4, 0.5) is 10.8 Å². The van der Waals surface area contributed by atoms with Gasteiger partial charge in [0.2, 0.25) is 0 Å². The standard InChI is InChI=1S/C10H18N4O2S/c1-10(2,5-15)4-13-9-6(8(16)12-3)7(11)14-17-9/h13,15H,4-5H2,1-3H3,(H2,11,14)(H,12,16). The number of nitrogen functional groups attached to an aromatic ring is 1. The lowest BCUT2D eigenvalue weighted by atomic mass is 9.95. The fourth-order valence-electron chi connectivity index (χ4n) is 1.14. The van der Waals surface area contributed by atoms with Gasteiger partial charge in [0.15, 0.2) is 5.82 Å². The zero-order valence-electron chi connectivity index (χ0n) is 10.2. The molecule has 1 heterocycles. The van der Waals surface area contributed by atoms with Crippen molar-refractivity contribution in [2.75, 3.05) is 31.2 Å². The molecule has 0 fully saturated rings. The summed E-state index contributed by atoms with van der Waals surface area (Å²) in [7, 11) is 1.54. The Morgan fingerprint density at radius 3 is 2.76 bits per heavy atom. The number of nitrogens with two attached hydrogens (primary N) is 1. The lowest BCUT2D eigenvalue weighted by molar-refractivity contribution is 0.0965. The molecule has 0 saturated heterocycles. The quantitative estimate of drug-likeness (QED) is 0.617. The summed E-state index contributed by atoms with van der Waals surface area (Å²) in [6.45, 7) is 4.44. The van der Waals surface area contributed by atoms with Gasteiger partial charge in [-0.2, -0.15) is 4.37 Å². The molecule has 1 rings (SSSR count). The first kappa shape index (κ1) is 13.7. The number of rotatable bonds is 5. The zero-order chi connectivity index (χ0) is 13.1. The van der Waals surface area contributed by atoms with Crippen LogP contribution in [0.2, 0.25) is 0 Å². The third-order valence-corrected chi connectivity index (χ3v) is 3.15. The van der Waals surface area contributed by atoms with E-state index in [0.717, 1.165) is 11.5 Å². The van der Waals surface area contributed by atoms with E-state index in [9.17, 15) is 4.79 Å². The first-order valence-electron chi connectivity index (χ1n) is 5.23. The summed E-state index contributed by atoms with van der Waals surface area (Å²) in [5.41, 5.74) is 5.74. The van der Waals surface area contributed by atoms with Gasteiger partial charge >= 0.3 is 0 Å². The highest BCUT2D eigenvalue weighted by Crippen LogP contribution is 2.27. The summed E-state index contributed by atoms with van der Waals surface area (Å²) >= 11 is 1.14. The van der Waals surface area contributed by atoms with Gasteiger partial charge < -0.3 is 21.5 Å². The van der Waals surface area contributed by atoms with Gasteiger partial charge in [0, 0.05) is 25.6 Å². The number of amides is 1. The number of hydrogen-bond acceptors (Lipinski definition) is 6. The Morgan fingerprint density at radius 1 is 1.59 bits per heavy atom. The molecule has 0 radical (unpaired) electrons. The third-order valence-electron chi connectivity index (χ3n) is 2.33. The molecule has 0 aromatic carbocycles. The fraction of sp³-hybridized carbons (Fsp3) is 0.600. The molecular weight excluding hydrogens is 240 g/mol. The van der Waals surface area contributed by atoms with E-state index in [0.29, 0.717) is 17.1 Å². The first-order chi connectivity index (χ1) is 7.91. The molecule has 0 spiro atoms. The Kier molecular flexibility index (Phi) is 4.30. The van der Waals surface area contributed by atoms with Crippen LogP contribution in [-0.2, 0) is 0 Å². The largest absolute Gasteiger partial charge is 0.396 e. The number of carbonyl (C=O) groups is 1. The maximum Gasteiger partial charge on any atom is 0.257 e. The van der Waals surface area contributed by atoms with E-state index in [2.05, 4.69) is 15.0 Å². The highest BCUT2D eigenvalue weighted by Gasteiger charge is 2.21. The van der Waals surface area contributed by atoms with E-state index < -0.39 is 0 Å². The minimum absolute atomic E-state index is 0.0591. The van der Waals surface area contributed by atoms with E-state index in [1.54, 1.807) is 7.05 Å². The summed E-state index contributed by atoms with van der Waals surface area (Å²) in [6.07, 6.45) is 0. The minimum Gasteiger partial charge on any atom is -0.396 e. The maximum absolute atomic E-state index is 11.6. The number of anilines is 2.